The van der Waals surface area contributed by atoms with Crippen LogP contribution in [0.1, 0.15) is 32.1 Å². The molecule has 1 unspecified atom stereocenters. The van der Waals surface area contributed by atoms with Gasteiger partial charge in [0.25, 0.3) is 0 Å². The average molecular weight is 198 g/mol. The van der Waals surface area contributed by atoms with Gasteiger partial charge in [0, 0.05) is 19.2 Å². The summed E-state index contributed by atoms with van der Waals surface area (Å²) in [6.45, 7) is 4.05. The van der Waals surface area contributed by atoms with Crippen molar-refractivity contribution in [2.24, 2.45) is 5.73 Å². The average Bonchev–Trinajstić information content (AvgIpc) is 3.02. The molecule has 2 fully saturated rings. The molecule has 82 valence electrons. The molecule has 0 radical (unpaired) electrons. The van der Waals surface area contributed by atoms with Crippen LogP contribution in [0.2, 0.25) is 0 Å². The van der Waals surface area contributed by atoms with Gasteiger partial charge in [-0.25, -0.2) is 0 Å². The summed E-state index contributed by atoms with van der Waals surface area (Å²) in [5.41, 5.74) is 5.44. The van der Waals surface area contributed by atoms with E-state index in [9.17, 15) is 0 Å². The molecule has 3 heteroatoms. The van der Waals surface area contributed by atoms with Crippen molar-refractivity contribution in [1.29, 1.82) is 0 Å². The van der Waals surface area contributed by atoms with Gasteiger partial charge in [-0.15, -0.1) is 0 Å². The van der Waals surface area contributed by atoms with E-state index in [1.54, 1.807) is 0 Å². The molecule has 0 amide bonds. The summed E-state index contributed by atoms with van der Waals surface area (Å²) in [6, 6.07) is 0.899. The second-order valence-electron chi connectivity index (χ2n) is 4.50. The molecular weight excluding hydrogens is 176 g/mol. The Hall–Kier alpha value is -0.120. The van der Waals surface area contributed by atoms with Gasteiger partial charge in [0.05, 0.1) is 6.10 Å². The van der Waals surface area contributed by atoms with E-state index in [1.165, 1.54) is 32.2 Å². The summed E-state index contributed by atoms with van der Waals surface area (Å²) in [7, 11) is 0. The predicted molar refractivity (Wildman–Crippen MR) is 57.2 cm³/mol. The van der Waals surface area contributed by atoms with Gasteiger partial charge in [0.2, 0.25) is 0 Å². The third-order valence-electron chi connectivity index (χ3n) is 3.17. The van der Waals surface area contributed by atoms with Crippen molar-refractivity contribution in [2.45, 2.75) is 44.2 Å². The van der Waals surface area contributed by atoms with E-state index >= 15 is 0 Å². The second-order valence-corrected chi connectivity index (χ2v) is 4.50. The molecule has 1 atom stereocenters. The van der Waals surface area contributed by atoms with E-state index in [2.05, 4.69) is 4.90 Å². The van der Waals surface area contributed by atoms with Gasteiger partial charge in [0.1, 0.15) is 0 Å². The largest absolute Gasteiger partial charge is 0.377 e. The maximum absolute atomic E-state index is 5.81. The fourth-order valence-electron chi connectivity index (χ4n) is 2.21. The fourth-order valence-corrected chi connectivity index (χ4v) is 2.21. The summed E-state index contributed by atoms with van der Waals surface area (Å²) in [4.78, 5) is 2.61. The number of hydrogen-bond acceptors (Lipinski definition) is 3. The lowest BCUT2D eigenvalue weighted by atomic mass is 10.1. The fraction of sp³-hybridized carbons (Fsp3) is 1.00. The molecule has 1 saturated heterocycles. The van der Waals surface area contributed by atoms with Gasteiger partial charge in [-0.1, -0.05) is 0 Å². The minimum Gasteiger partial charge on any atom is -0.377 e. The quantitative estimate of drug-likeness (QED) is 0.669. The summed E-state index contributed by atoms with van der Waals surface area (Å²) in [6.07, 6.45) is 6.86. The van der Waals surface area contributed by atoms with Crippen molar-refractivity contribution in [3.63, 3.8) is 0 Å². The van der Waals surface area contributed by atoms with Crippen LogP contribution in [0.5, 0.6) is 0 Å². The Labute approximate surface area is 86.6 Å². The van der Waals surface area contributed by atoms with Gasteiger partial charge in [-0.05, 0) is 45.2 Å². The highest BCUT2D eigenvalue weighted by Crippen LogP contribution is 2.29. The van der Waals surface area contributed by atoms with Gasteiger partial charge in [0.15, 0.2) is 0 Å². The third-order valence-corrected chi connectivity index (χ3v) is 3.17. The molecule has 2 aliphatic rings. The number of piperidine rings is 1. The van der Waals surface area contributed by atoms with Crippen LogP contribution in [-0.2, 0) is 4.74 Å². The summed E-state index contributed by atoms with van der Waals surface area (Å²) in [5.74, 6) is 0. The number of ether oxygens (including phenoxy) is 1. The molecule has 3 nitrogen and oxygen atoms in total. The van der Waals surface area contributed by atoms with E-state index < -0.39 is 0 Å². The van der Waals surface area contributed by atoms with Gasteiger partial charge >= 0.3 is 0 Å². The highest BCUT2D eigenvalue weighted by molar-refractivity contribution is 4.88. The molecule has 1 heterocycles. The minimum atomic E-state index is 0.482. The molecule has 1 aliphatic carbocycles. The zero-order valence-electron chi connectivity index (χ0n) is 8.95. The topological polar surface area (TPSA) is 38.5 Å². The predicted octanol–water partition coefficient (Wildman–Crippen LogP) is 0.979. The van der Waals surface area contributed by atoms with Crippen molar-refractivity contribution >= 4 is 0 Å². The molecule has 2 N–H and O–H groups in total. The highest BCUT2D eigenvalue weighted by Gasteiger charge is 2.32. The lowest BCUT2D eigenvalue weighted by Gasteiger charge is -2.32. The van der Waals surface area contributed by atoms with E-state index in [0.717, 1.165) is 32.2 Å². The minimum absolute atomic E-state index is 0.482. The second kappa shape index (κ2) is 5.10. The molecule has 0 bridgehead atoms. The van der Waals surface area contributed by atoms with Crippen LogP contribution < -0.4 is 5.73 Å². The molecule has 0 spiro atoms. The molecular formula is C11H22N2O. The highest BCUT2D eigenvalue weighted by atomic mass is 16.5. The summed E-state index contributed by atoms with van der Waals surface area (Å²) in [5, 5.41) is 0. The zero-order valence-corrected chi connectivity index (χ0v) is 8.95. The molecule has 0 aromatic heterocycles. The van der Waals surface area contributed by atoms with Crippen LogP contribution in [0.3, 0.4) is 0 Å². The van der Waals surface area contributed by atoms with E-state index in [-0.39, 0.29) is 0 Å². The Bertz CT molecular complexity index is 171. The molecule has 0 aromatic rings. The smallest absolute Gasteiger partial charge is 0.0702 e. The van der Waals surface area contributed by atoms with Gasteiger partial charge in [-0.3, -0.25) is 4.90 Å². The van der Waals surface area contributed by atoms with Crippen LogP contribution in [0, 0.1) is 0 Å². The van der Waals surface area contributed by atoms with Crippen LogP contribution in [0.15, 0.2) is 0 Å². The Morgan fingerprint density at radius 1 is 1.29 bits per heavy atom. The standard InChI is InChI=1S/C11H22N2O/c12-6-2-8-14-11-3-1-7-13(9-11)10-4-5-10/h10-11H,1-9,12H2. The van der Waals surface area contributed by atoms with E-state index in [4.69, 9.17) is 10.5 Å². The first-order valence-corrected chi connectivity index (χ1v) is 5.96. The van der Waals surface area contributed by atoms with Crippen LogP contribution >= 0.6 is 0 Å². The first-order valence-electron chi connectivity index (χ1n) is 5.96. The Balaban J connectivity index is 1.65. The van der Waals surface area contributed by atoms with Crippen molar-refractivity contribution in [3.8, 4) is 0 Å². The molecule has 0 aromatic carbocycles. The maximum Gasteiger partial charge on any atom is 0.0702 e. The number of nitrogens with two attached hydrogens (primary N) is 1. The van der Waals surface area contributed by atoms with Gasteiger partial charge in [-0.2, -0.15) is 0 Å². The zero-order chi connectivity index (χ0) is 9.80. The number of rotatable bonds is 5. The SMILES string of the molecule is NCCCOC1CCCN(C2CC2)C1. The molecule has 2 rings (SSSR count). The Kier molecular flexibility index (Phi) is 3.79. The summed E-state index contributed by atoms with van der Waals surface area (Å²) >= 11 is 0. The molecule has 1 saturated carbocycles. The monoisotopic (exact) mass is 198 g/mol. The number of hydrogen-bond donors (Lipinski definition) is 1. The van der Waals surface area contributed by atoms with Crippen molar-refractivity contribution in [1.82, 2.24) is 4.90 Å². The van der Waals surface area contributed by atoms with Crippen molar-refractivity contribution in [3.05, 3.63) is 0 Å². The van der Waals surface area contributed by atoms with Crippen molar-refractivity contribution < 1.29 is 4.74 Å². The van der Waals surface area contributed by atoms with Crippen LogP contribution in [0.25, 0.3) is 0 Å². The van der Waals surface area contributed by atoms with Gasteiger partial charge < -0.3 is 10.5 Å². The third kappa shape index (κ3) is 2.94. The lowest BCUT2D eigenvalue weighted by Crippen LogP contribution is -2.41. The van der Waals surface area contributed by atoms with Crippen LogP contribution in [0.4, 0.5) is 0 Å². The maximum atomic E-state index is 5.81. The Morgan fingerprint density at radius 2 is 2.14 bits per heavy atom. The lowest BCUT2D eigenvalue weighted by molar-refractivity contribution is -0.00291. The Morgan fingerprint density at radius 3 is 2.86 bits per heavy atom. The number of likely N-dealkylation sites (tertiary alicyclic amines) is 1. The van der Waals surface area contributed by atoms with Crippen molar-refractivity contribution in [2.75, 3.05) is 26.2 Å². The first-order chi connectivity index (χ1) is 6.90. The summed E-state index contributed by atoms with van der Waals surface area (Å²) < 4.78 is 5.81. The van der Waals surface area contributed by atoms with E-state index in [1.807, 2.05) is 0 Å². The molecule has 14 heavy (non-hydrogen) atoms. The normalized spacial score (nSPS) is 29.4. The van der Waals surface area contributed by atoms with E-state index in [0.29, 0.717) is 6.10 Å². The number of nitrogens with zero attached hydrogens (tertiary/aromatic N) is 1. The van der Waals surface area contributed by atoms with Crippen LogP contribution in [-0.4, -0.2) is 43.3 Å². The molecule has 1 aliphatic heterocycles. The first kappa shape index (κ1) is 10.4.